The van der Waals surface area contributed by atoms with Gasteiger partial charge in [0.05, 0.1) is 10.6 Å². The van der Waals surface area contributed by atoms with E-state index in [9.17, 15) is 0 Å². The molecule has 1 aliphatic heterocycles. The molecule has 0 spiro atoms. The van der Waals surface area contributed by atoms with Crippen LogP contribution in [0.4, 0.5) is 0 Å². The summed E-state index contributed by atoms with van der Waals surface area (Å²) in [6, 6.07) is 4.55. The Hall–Kier alpha value is -0.760. The summed E-state index contributed by atoms with van der Waals surface area (Å²) in [5.41, 5.74) is 6.03. The predicted molar refractivity (Wildman–Crippen MR) is 85.6 cm³/mol. The van der Waals surface area contributed by atoms with Crippen molar-refractivity contribution in [2.45, 2.75) is 57.9 Å². The quantitative estimate of drug-likeness (QED) is 0.658. The first kappa shape index (κ1) is 13.2. The number of hydrogen-bond acceptors (Lipinski definition) is 2. The van der Waals surface area contributed by atoms with Crippen LogP contribution in [0, 0.1) is 13.8 Å². The Morgan fingerprint density at radius 2 is 1.95 bits per heavy atom. The van der Waals surface area contributed by atoms with Gasteiger partial charge in [-0.05, 0) is 56.6 Å². The Labute approximate surface area is 120 Å². The Morgan fingerprint density at radius 3 is 2.68 bits per heavy atom. The highest BCUT2D eigenvalue weighted by Gasteiger charge is 2.42. The highest BCUT2D eigenvalue weighted by Crippen LogP contribution is 2.49. The van der Waals surface area contributed by atoms with Gasteiger partial charge in [0.15, 0.2) is 0 Å². The Balaban J connectivity index is 2.27. The summed E-state index contributed by atoms with van der Waals surface area (Å²) >= 11 is 1.82. The van der Waals surface area contributed by atoms with E-state index in [1.165, 1.54) is 47.4 Å². The fourth-order valence-corrected chi connectivity index (χ4v) is 4.68. The summed E-state index contributed by atoms with van der Waals surface area (Å²) in [6.07, 6.45) is 7.40. The van der Waals surface area contributed by atoms with Crippen molar-refractivity contribution in [3.63, 3.8) is 0 Å². The normalized spacial score (nSPS) is 29.5. The Kier molecular flexibility index (Phi) is 3.24. The highest BCUT2D eigenvalue weighted by atomic mass is 32.2. The van der Waals surface area contributed by atoms with E-state index in [-0.39, 0.29) is 5.54 Å². The predicted octanol–water partition coefficient (Wildman–Crippen LogP) is 4.84. The van der Waals surface area contributed by atoms with Crippen molar-refractivity contribution in [3.05, 3.63) is 34.4 Å². The van der Waals surface area contributed by atoms with Gasteiger partial charge in [0.1, 0.15) is 0 Å². The van der Waals surface area contributed by atoms with E-state index >= 15 is 0 Å². The molecule has 2 aliphatic rings. The summed E-state index contributed by atoms with van der Waals surface area (Å²) in [5.74, 6) is 0.632. The first-order valence-corrected chi connectivity index (χ1v) is 8.53. The lowest BCUT2D eigenvalue weighted by Crippen LogP contribution is -2.39. The maximum absolute atomic E-state index is 5.18. The van der Waals surface area contributed by atoms with Gasteiger partial charge in [0, 0.05) is 11.5 Å². The molecule has 3 rings (SSSR count). The van der Waals surface area contributed by atoms with Gasteiger partial charge in [-0.2, -0.15) is 0 Å². The van der Waals surface area contributed by atoms with Crippen LogP contribution in [0.25, 0.3) is 0 Å². The first-order valence-electron chi connectivity index (χ1n) is 7.31. The van der Waals surface area contributed by atoms with Gasteiger partial charge in [-0.15, -0.1) is 11.8 Å². The molecule has 2 heteroatoms. The highest BCUT2D eigenvalue weighted by molar-refractivity contribution is 8.13. The molecule has 0 amide bonds. The number of nitrogens with zero attached hydrogens (tertiary/aromatic N) is 1. The van der Waals surface area contributed by atoms with Gasteiger partial charge < -0.3 is 0 Å². The van der Waals surface area contributed by atoms with Crippen LogP contribution in [0.1, 0.15) is 60.8 Å². The number of thioether (sulfide) groups is 1. The minimum atomic E-state index is 0.141. The molecule has 0 radical (unpaired) electrons. The van der Waals surface area contributed by atoms with E-state index in [1.807, 2.05) is 11.8 Å². The summed E-state index contributed by atoms with van der Waals surface area (Å²) in [4.78, 5) is 5.18. The minimum absolute atomic E-state index is 0.141. The third-order valence-corrected chi connectivity index (χ3v) is 5.64. The van der Waals surface area contributed by atoms with E-state index in [0.29, 0.717) is 5.92 Å². The Bertz CT molecular complexity index is 546. The monoisotopic (exact) mass is 273 g/mol. The second-order valence-electron chi connectivity index (χ2n) is 6.26. The van der Waals surface area contributed by atoms with Gasteiger partial charge in [0.2, 0.25) is 0 Å². The molecule has 1 nitrogen and oxygen atoms in total. The lowest BCUT2D eigenvalue weighted by atomic mass is 9.67. The molecule has 2 atom stereocenters. The smallest absolute Gasteiger partial charge is 0.0986 e. The molecule has 102 valence electrons. The van der Waals surface area contributed by atoms with Gasteiger partial charge in [0.25, 0.3) is 0 Å². The summed E-state index contributed by atoms with van der Waals surface area (Å²) < 4.78 is 0. The third kappa shape index (κ3) is 1.96. The summed E-state index contributed by atoms with van der Waals surface area (Å²) in [5, 5.41) is 1.26. The zero-order chi connectivity index (χ0) is 13.6. The number of fused-ring (bicyclic) bond motifs is 3. The van der Waals surface area contributed by atoms with Crippen LogP contribution >= 0.6 is 11.8 Å². The molecule has 1 aromatic carbocycles. The van der Waals surface area contributed by atoms with E-state index in [4.69, 9.17) is 4.99 Å². The lowest BCUT2D eigenvalue weighted by Gasteiger charge is -2.44. The molecular formula is C17H23NS. The minimum Gasteiger partial charge on any atom is -0.271 e. The maximum Gasteiger partial charge on any atom is 0.0986 e. The van der Waals surface area contributed by atoms with Crippen molar-refractivity contribution in [2.24, 2.45) is 4.99 Å². The molecule has 1 aliphatic carbocycles. The van der Waals surface area contributed by atoms with Crippen LogP contribution in [0.3, 0.4) is 0 Å². The Morgan fingerprint density at radius 1 is 1.21 bits per heavy atom. The van der Waals surface area contributed by atoms with Crippen LogP contribution in [0.5, 0.6) is 0 Å². The zero-order valence-electron chi connectivity index (χ0n) is 12.4. The molecule has 1 aromatic rings. The fraction of sp³-hybridized carbons (Fsp3) is 0.588. The summed E-state index contributed by atoms with van der Waals surface area (Å²) in [6.45, 7) is 6.88. The van der Waals surface area contributed by atoms with Crippen molar-refractivity contribution in [1.29, 1.82) is 0 Å². The summed E-state index contributed by atoms with van der Waals surface area (Å²) in [7, 11) is 0. The standard InChI is InChI=1S/C17H23NS/c1-11-8-9-12(2)15-14(11)13-7-5-6-10-17(13,3)18-16(15)19-4/h8-9,13H,5-7,10H2,1-4H3. The van der Waals surface area contributed by atoms with E-state index in [1.54, 1.807) is 5.56 Å². The molecule has 1 heterocycles. The number of aryl methyl sites for hydroxylation is 2. The molecule has 19 heavy (non-hydrogen) atoms. The van der Waals surface area contributed by atoms with E-state index in [2.05, 4.69) is 39.2 Å². The second-order valence-corrected chi connectivity index (χ2v) is 7.06. The van der Waals surface area contributed by atoms with Crippen molar-refractivity contribution >= 4 is 16.8 Å². The van der Waals surface area contributed by atoms with Gasteiger partial charge in [-0.1, -0.05) is 25.0 Å². The van der Waals surface area contributed by atoms with Gasteiger partial charge in [-0.25, -0.2) is 0 Å². The molecule has 1 saturated carbocycles. The van der Waals surface area contributed by atoms with Gasteiger partial charge >= 0.3 is 0 Å². The molecule has 2 unspecified atom stereocenters. The second kappa shape index (κ2) is 4.66. The molecule has 1 fully saturated rings. The lowest BCUT2D eigenvalue weighted by molar-refractivity contribution is 0.273. The zero-order valence-corrected chi connectivity index (χ0v) is 13.2. The van der Waals surface area contributed by atoms with Crippen molar-refractivity contribution < 1.29 is 0 Å². The topological polar surface area (TPSA) is 12.4 Å². The van der Waals surface area contributed by atoms with Crippen LogP contribution in [-0.4, -0.2) is 16.8 Å². The number of hydrogen-bond donors (Lipinski definition) is 0. The molecule has 0 aromatic heterocycles. The largest absolute Gasteiger partial charge is 0.271 e. The number of benzene rings is 1. The molecule has 0 saturated heterocycles. The van der Waals surface area contributed by atoms with Crippen LogP contribution < -0.4 is 0 Å². The third-order valence-electron chi connectivity index (χ3n) is 4.96. The fourth-order valence-electron chi connectivity index (χ4n) is 3.91. The van der Waals surface area contributed by atoms with Crippen molar-refractivity contribution in [2.75, 3.05) is 6.26 Å². The maximum atomic E-state index is 5.18. The average molecular weight is 273 g/mol. The average Bonchev–Trinajstić information content (AvgIpc) is 2.40. The SMILES string of the molecule is CSC1=NC2(C)CCCCC2c2c(C)ccc(C)c21. The van der Waals surface area contributed by atoms with Gasteiger partial charge in [-0.3, -0.25) is 4.99 Å². The van der Waals surface area contributed by atoms with E-state index in [0.717, 1.165) is 0 Å². The van der Waals surface area contributed by atoms with Crippen LogP contribution in [0.15, 0.2) is 17.1 Å². The van der Waals surface area contributed by atoms with Crippen LogP contribution in [0.2, 0.25) is 0 Å². The molecule has 0 N–H and O–H groups in total. The number of aliphatic imine (C=N–C) groups is 1. The first-order chi connectivity index (χ1) is 9.07. The van der Waals surface area contributed by atoms with E-state index < -0.39 is 0 Å². The molecular weight excluding hydrogens is 250 g/mol. The van der Waals surface area contributed by atoms with Crippen molar-refractivity contribution in [3.8, 4) is 0 Å². The van der Waals surface area contributed by atoms with Crippen LogP contribution in [-0.2, 0) is 0 Å². The molecule has 0 bridgehead atoms. The number of rotatable bonds is 0. The van der Waals surface area contributed by atoms with Crippen molar-refractivity contribution in [1.82, 2.24) is 0 Å².